The van der Waals surface area contributed by atoms with Crippen LogP contribution in [0.25, 0.3) is 0 Å². The maximum Gasteiger partial charge on any atom is -0.0211 e. The zero-order valence-electron chi connectivity index (χ0n) is 11.4. The summed E-state index contributed by atoms with van der Waals surface area (Å²) in [6.07, 6.45) is 3.38. The van der Waals surface area contributed by atoms with Gasteiger partial charge in [-0.05, 0) is 35.5 Å². The maximum atomic E-state index is 2.92. The summed E-state index contributed by atoms with van der Waals surface area (Å²) in [6, 6.07) is 21.6. The summed E-state index contributed by atoms with van der Waals surface area (Å²) in [4.78, 5) is 0. The minimum Gasteiger partial charge on any atom is -0.147 e. The Labute approximate surface area is 125 Å². The van der Waals surface area contributed by atoms with E-state index in [4.69, 9.17) is 0 Å². The van der Waals surface area contributed by atoms with Gasteiger partial charge >= 0.3 is 0 Å². The second kappa shape index (κ2) is 7.68. The Kier molecular flexibility index (Phi) is 6.55. The molecule has 2 aromatic rings. The highest BCUT2D eigenvalue weighted by Gasteiger charge is 2.23. The number of hydrogen-bond donors (Lipinski definition) is 0. The quantitative estimate of drug-likeness (QED) is 0.696. The van der Waals surface area contributed by atoms with Crippen molar-refractivity contribution in [1.82, 2.24) is 0 Å². The lowest BCUT2D eigenvalue weighted by Gasteiger charge is -2.28. The molecule has 0 aliphatic carbocycles. The maximum absolute atomic E-state index is 2.92. The highest BCUT2D eigenvalue weighted by Crippen LogP contribution is 2.29. The predicted molar refractivity (Wildman–Crippen MR) is 90.2 cm³/mol. The molecule has 0 radical (unpaired) electrons. The molecule has 2 rings (SSSR count). The zero-order chi connectivity index (χ0) is 12.8. The summed E-state index contributed by atoms with van der Waals surface area (Å²) in [6.45, 7) is 2.38. The van der Waals surface area contributed by atoms with E-state index in [-0.39, 0.29) is 12.4 Å². The molecule has 0 N–H and O–H groups in total. The Morgan fingerprint density at radius 3 is 1.47 bits per heavy atom. The Bertz CT molecular complexity index is 426. The van der Waals surface area contributed by atoms with Crippen LogP contribution in [-0.2, 0) is 12.8 Å². The molecule has 0 fully saturated rings. The third-order valence-electron chi connectivity index (χ3n) is 3.44. The Hall–Kier alpha value is -0.840. The van der Waals surface area contributed by atoms with Gasteiger partial charge in [0.25, 0.3) is 0 Å². The lowest BCUT2D eigenvalue weighted by molar-refractivity contribution is 0.370. The van der Waals surface area contributed by atoms with Gasteiger partial charge in [0.1, 0.15) is 0 Å². The minimum absolute atomic E-state index is 0. The molecule has 0 amide bonds. The number of halogens is 1. The van der Waals surface area contributed by atoms with Gasteiger partial charge in [-0.2, -0.15) is 0 Å². The average molecular weight is 293 g/mol. The van der Waals surface area contributed by atoms with Crippen LogP contribution in [0.5, 0.6) is 0 Å². The molecule has 0 aliphatic rings. The highest BCUT2D eigenvalue weighted by molar-refractivity contribution is 7.16. The fourth-order valence-corrected chi connectivity index (χ4v) is 2.67. The van der Waals surface area contributed by atoms with Gasteiger partial charge in [-0.1, -0.05) is 67.6 Å². The summed E-state index contributed by atoms with van der Waals surface area (Å²) < 4.78 is 0. The van der Waals surface area contributed by atoms with Gasteiger partial charge in [0.2, 0.25) is 0 Å². The summed E-state index contributed by atoms with van der Waals surface area (Å²) in [5.41, 5.74) is 3.17. The van der Waals surface area contributed by atoms with E-state index in [9.17, 15) is 0 Å². The lowest BCUT2D eigenvalue weighted by Crippen LogP contribution is -2.24. The van der Waals surface area contributed by atoms with Crippen LogP contribution in [-0.4, -0.2) is 6.16 Å². The van der Waals surface area contributed by atoms with Gasteiger partial charge in [0.15, 0.2) is 0 Å². The first-order valence-electron chi connectivity index (χ1n) is 6.50. The summed E-state index contributed by atoms with van der Waals surface area (Å²) in [7, 11) is 2.92. The van der Waals surface area contributed by atoms with Gasteiger partial charge in [-0.3, -0.25) is 0 Å². The molecule has 1 atom stereocenters. The van der Waals surface area contributed by atoms with E-state index < -0.39 is 0 Å². The Morgan fingerprint density at radius 1 is 0.789 bits per heavy atom. The Balaban J connectivity index is 0.00000180. The smallest absolute Gasteiger partial charge is 0.0211 e. The van der Waals surface area contributed by atoms with Crippen LogP contribution in [0.15, 0.2) is 60.7 Å². The van der Waals surface area contributed by atoms with E-state index in [2.05, 4.69) is 76.8 Å². The molecular formula is C17H22ClP. The van der Waals surface area contributed by atoms with E-state index >= 15 is 0 Å². The van der Waals surface area contributed by atoms with Gasteiger partial charge in [-0.25, -0.2) is 0 Å². The van der Waals surface area contributed by atoms with Crippen molar-refractivity contribution in [1.29, 1.82) is 0 Å². The van der Waals surface area contributed by atoms with Crippen molar-refractivity contribution >= 4 is 21.6 Å². The van der Waals surface area contributed by atoms with Gasteiger partial charge < -0.3 is 0 Å². The average Bonchev–Trinajstić information content (AvgIpc) is 2.41. The standard InChI is InChI=1S/C17H21P.ClH/c1-17(14-18,12-15-8-4-2-5-9-15)13-16-10-6-3-7-11-16;/h2-11H,12-14,18H2,1H3;1H. The van der Waals surface area contributed by atoms with Crippen molar-refractivity contribution in [3.8, 4) is 0 Å². The second-order valence-electron chi connectivity index (χ2n) is 5.34. The van der Waals surface area contributed by atoms with E-state index in [1.807, 2.05) is 0 Å². The first-order valence-corrected chi connectivity index (χ1v) is 7.31. The molecule has 1 unspecified atom stereocenters. The van der Waals surface area contributed by atoms with Crippen molar-refractivity contribution in [2.24, 2.45) is 5.41 Å². The summed E-state index contributed by atoms with van der Waals surface area (Å²) in [5.74, 6) is 0. The van der Waals surface area contributed by atoms with Gasteiger partial charge in [-0.15, -0.1) is 21.6 Å². The molecule has 102 valence electrons. The largest absolute Gasteiger partial charge is 0.147 e. The molecule has 0 saturated carbocycles. The van der Waals surface area contributed by atoms with E-state index in [0.29, 0.717) is 5.41 Å². The molecular weight excluding hydrogens is 271 g/mol. The molecule has 0 aliphatic heterocycles. The van der Waals surface area contributed by atoms with Crippen molar-refractivity contribution in [3.63, 3.8) is 0 Å². The van der Waals surface area contributed by atoms with Crippen LogP contribution < -0.4 is 0 Å². The molecule has 0 nitrogen and oxygen atoms in total. The van der Waals surface area contributed by atoms with Crippen molar-refractivity contribution in [2.45, 2.75) is 19.8 Å². The molecule has 0 aromatic heterocycles. The Morgan fingerprint density at radius 2 is 1.16 bits per heavy atom. The van der Waals surface area contributed by atoms with E-state index in [1.165, 1.54) is 11.1 Å². The fourth-order valence-electron chi connectivity index (χ4n) is 2.38. The van der Waals surface area contributed by atoms with Crippen LogP contribution in [0.4, 0.5) is 0 Å². The number of benzene rings is 2. The van der Waals surface area contributed by atoms with Crippen molar-refractivity contribution < 1.29 is 0 Å². The molecule has 0 spiro atoms. The van der Waals surface area contributed by atoms with Crippen LogP contribution in [0.1, 0.15) is 18.1 Å². The summed E-state index contributed by atoms with van der Waals surface area (Å²) in [5, 5.41) is 0. The third kappa shape index (κ3) is 4.97. The number of rotatable bonds is 5. The third-order valence-corrected chi connectivity index (χ3v) is 4.43. The first-order chi connectivity index (χ1) is 8.72. The molecule has 19 heavy (non-hydrogen) atoms. The molecule has 2 heteroatoms. The number of hydrogen-bond acceptors (Lipinski definition) is 0. The SMILES string of the molecule is CC(CP)(Cc1ccccc1)Cc1ccccc1.Cl. The predicted octanol–water partition coefficient (Wildman–Crippen LogP) is 4.78. The molecule has 0 heterocycles. The van der Waals surface area contributed by atoms with E-state index in [0.717, 1.165) is 19.0 Å². The first kappa shape index (κ1) is 16.2. The van der Waals surface area contributed by atoms with E-state index in [1.54, 1.807) is 0 Å². The van der Waals surface area contributed by atoms with Crippen LogP contribution in [0.3, 0.4) is 0 Å². The lowest BCUT2D eigenvalue weighted by atomic mass is 9.80. The molecule has 2 aromatic carbocycles. The second-order valence-corrected chi connectivity index (χ2v) is 5.75. The van der Waals surface area contributed by atoms with Gasteiger partial charge in [0, 0.05) is 0 Å². The molecule has 0 bridgehead atoms. The van der Waals surface area contributed by atoms with Crippen molar-refractivity contribution in [2.75, 3.05) is 6.16 Å². The van der Waals surface area contributed by atoms with Crippen molar-refractivity contribution in [3.05, 3.63) is 71.8 Å². The minimum atomic E-state index is 0. The van der Waals surface area contributed by atoms with Crippen LogP contribution in [0.2, 0.25) is 0 Å². The van der Waals surface area contributed by atoms with Gasteiger partial charge in [0.05, 0.1) is 0 Å². The summed E-state index contributed by atoms with van der Waals surface area (Å²) >= 11 is 0. The normalized spacial score (nSPS) is 10.8. The highest BCUT2D eigenvalue weighted by atomic mass is 35.5. The monoisotopic (exact) mass is 292 g/mol. The van der Waals surface area contributed by atoms with Crippen LogP contribution >= 0.6 is 21.6 Å². The van der Waals surface area contributed by atoms with Crippen LogP contribution in [0, 0.1) is 5.41 Å². The zero-order valence-corrected chi connectivity index (χ0v) is 13.4. The molecule has 0 saturated heterocycles. The fraction of sp³-hybridized carbons (Fsp3) is 0.294. The topological polar surface area (TPSA) is 0 Å².